The quantitative estimate of drug-likeness (QED) is 0.906. The second-order valence-electron chi connectivity index (χ2n) is 4.36. The van der Waals surface area contributed by atoms with Crippen LogP contribution < -0.4 is 4.74 Å². The number of rotatable bonds is 2. The number of hydrogen-bond donors (Lipinski definition) is 1. The predicted molar refractivity (Wildman–Crippen MR) is 73.6 cm³/mol. The van der Waals surface area contributed by atoms with Crippen molar-refractivity contribution in [2.45, 2.75) is 18.9 Å². The van der Waals surface area contributed by atoms with Crippen LogP contribution in [0.1, 0.15) is 28.5 Å². The Morgan fingerprint density at radius 1 is 1.28 bits per heavy atom. The maximum absolute atomic E-state index is 10.3. The van der Waals surface area contributed by atoms with Gasteiger partial charge in [0, 0.05) is 4.88 Å². The average molecular weight is 281 g/mol. The molecule has 1 aliphatic heterocycles. The summed E-state index contributed by atoms with van der Waals surface area (Å²) in [7, 11) is 0. The Labute approximate surface area is 115 Å². The topological polar surface area (TPSA) is 29.5 Å². The van der Waals surface area contributed by atoms with Gasteiger partial charge in [-0.05, 0) is 48.2 Å². The highest BCUT2D eigenvalue weighted by molar-refractivity contribution is 7.16. The molecule has 2 nitrogen and oxygen atoms in total. The van der Waals surface area contributed by atoms with Crippen molar-refractivity contribution in [3.05, 3.63) is 50.7 Å². The zero-order valence-electron chi connectivity index (χ0n) is 9.73. The maximum Gasteiger partial charge on any atom is 0.122 e. The highest BCUT2D eigenvalue weighted by Gasteiger charge is 2.16. The van der Waals surface area contributed by atoms with Crippen LogP contribution in [0.4, 0.5) is 0 Å². The van der Waals surface area contributed by atoms with Crippen LogP contribution in [-0.4, -0.2) is 11.7 Å². The SMILES string of the molecule is OC(c1ccc2c(c1)CCCO2)c1ccc(Cl)s1. The Morgan fingerprint density at radius 3 is 2.94 bits per heavy atom. The molecule has 4 heteroatoms. The highest BCUT2D eigenvalue weighted by Crippen LogP contribution is 2.34. The van der Waals surface area contributed by atoms with Gasteiger partial charge in [-0.25, -0.2) is 0 Å². The monoisotopic (exact) mass is 280 g/mol. The molecule has 0 radical (unpaired) electrons. The van der Waals surface area contributed by atoms with E-state index in [-0.39, 0.29) is 0 Å². The van der Waals surface area contributed by atoms with Crippen molar-refractivity contribution in [3.63, 3.8) is 0 Å². The van der Waals surface area contributed by atoms with Crippen molar-refractivity contribution in [2.75, 3.05) is 6.61 Å². The second kappa shape index (κ2) is 4.92. The van der Waals surface area contributed by atoms with Crippen LogP contribution in [0.3, 0.4) is 0 Å². The van der Waals surface area contributed by atoms with Gasteiger partial charge in [0.2, 0.25) is 0 Å². The molecule has 1 aromatic carbocycles. The molecule has 3 rings (SSSR count). The van der Waals surface area contributed by atoms with E-state index in [0.29, 0.717) is 4.34 Å². The number of benzene rings is 1. The minimum Gasteiger partial charge on any atom is -0.493 e. The Bertz CT molecular complexity index is 565. The van der Waals surface area contributed by atoms with Crippen LogP contribution in [-0.2, 0) is 6.42 Å². The molecule has 0 amide bonds. The molecule has 1 aliphatic rings. The molecule has 1 N–H and O–H groups in total. The van der Waals surface area contributed by atoms with Gasteiger partial charge < -0.3 is 9.84 Å². The molecule has 0 saturated carbocycles. The van der Waals surface area contributed by atoms with Gasteiger partial charge >= 0.3 is 0 Å². The van der Waals surface area contributed by atoms with E-state index in [0.717, 1.165) is 35.6 Å². The van der Waals surface area contributed by atoms with E-state index >= 15 is 0 Å². The molecular formula is C14H13ClO2S. The summed E-state index contributed by atoms with van der Waals surface area (Å²) < 4.78 is 6.27. The third-order valence-electron chi connectivity index (χ3n) is 3.11. The van der Waals surface area contributed by atoms with Gasteiger partial charge in [-0.2, -0.15) is 0 Å². The van der Waals surface area contributed by atoms with Gasteiger partial charge in [0.15, 0.2) is 0 Å². The minimum absolute atomic E-state index is 0.602. The number of fused-ring (bicyclic) bond motifs is 1. The van der Waals surface area contributed by atoms with Gasteiger partial charge in [0.05, 0.1) is 10.9 Å². The number of aliphatic hydroxyl groups is 1. The molecule has 2 heterocycles. The van der Waals surface area contributed by atoms with E-state index in [1.165, 1.54) is 16.9 Å². The Morgan fingerprint density at radius 2 is 2.17 bits per heavy atom. The Balaban J connectivity index is 1.92. The first-order valence-electron chi connectivity index (χ1n) is 5.93. The summed E-state index contributed by atoms with van der Waals surface area (Å²) in [4.78, 5) is 0.872. The van der Waals surface area contributed by atoms with Gasteiger partial charge in [0.25, 0.3) is 0 Å². The average Bonchev–Trinajstić information content (AvgIpc) is 2.84. The van der Waals surface area contributed by atoms with Crippen molar-refractivity contribution in [1.82, 2.24) is 0 Å². The van der Waals surface area contributed by atoms with Crippen LogP contribution in [0.5, 0.6) is 5.75 Å². The third kappa shape index (κ3) is 2.26. The van der Waals surface area contributed by atoms with E-state index in [2.05, 4.69) is 0 Å². The van der Waals surface area contributed by atoms with Gasteiger partial charge in [-0.1, -0.05) is 17.7 Å². The molecule has 0 aliphatic carbocycles. The van der Waals surface area contributed by atoms with E-state index in [1.807, 2.05) is 30.3 Å². The maximum atomic E-state index is 10.3. The normalized spacial score (nSPS) is 15.9. The minimum atomic E-state index is -0.602. The third-order valence-corrected chi connectivity index (χ3v) is 4.40. The highest BCUT2D eigenvalue weighted by atomic mass is 35.5. The molecule has 1 unspecified atom stereocenters. The predicted octanol–water partition coefficient (Wildman–Crippen LogP) is 3.81. The number of thiophene rings is 1. The zero-order valence-corrected chi connectivity index (χ0v) is 11.3. The number of halogens is 1. The zero-order chi connectivity index (χ0) is 12.5. The van der Waals surface area contributed by atoms with Crippen LogP contribution in [0.2, 0.25) is 4.34 Å². The molecule has 1 aromatic heterocycles. The number of aliphatic hydroxyl groups excluding tert-OH is 1. The molecule has 0 bridgehead atoms. The van der Waals surface area contributed by atoms with E-state index in [9.17, 15) is 5.11 Å². The lowest BCUT2D eigenvalue weighted by atomic mass is 10.00. The van der Waals surface area contributed by atoms with Crippen LogP contribution in [0, 0.1) is 0 Å². The van der Waals surface area contributed by atoms with Crippen LogP contribution in [0.25, 0.3) is 0 Å². The van der Waals surface area contributed by atoms with Crippen molar-refractivity contribution in [1.29, 1.82) is 0 Å². The van der Waals surface area contributed by atoms with Gasteiger partial charge in [0.1, 0.15) is 11.9 Å². The molecule has 0 spiro atoms. The van der Waals surface area contributed by atoms with E-state index < -0.39 is 6.10 Å². The fraction of sp³-hybridized carbons (Fsp3) is 0.286. The summed E-state index contributed by atoms with van der Waals surface area (Å²) >= 11 is 7.31. The summed E-state index contributed by atoms with van der Waals surface area (Å²) in [5, 5.41) is 10.3. The first kappa shape index (κ1) is 12.0. The Kier molecular flexibility index (Phi) is 3.29. The lowest BCUT2D eigenvalue weighted by Gasteiger charge is -2.19. The second-order valence-corrected chi connectivity index (χ2v) is 6.11. The van der Waals surface area contributed by atoms with E-state index in [1.54, 1.807) is 0 Å². The van der Waals surface area contributed by atoms with Gasteiger partial charge in [-0.3, -0.25) is 0 Å². The molecule has 94 valence electrons. The van der Waals surface area contributed by atoms with Crippen molar-refractivity contribution in [2.24, 2.45) is 0 Å². The van der Waals surface area contributed by atoms with Crippen molar-refractivity contribution >= 4 is 22.9 Å². The smallest absolute Gasteiger partial charge is 0.122 e. The molecular weight excluding hydrogens is 268 g/mol. The van der Waals surface area contributed by atoms with Gasteiger partial charge in [-0.15, -0.1) is 11.3 Å². The number of aryl methyl sites for hydroxylation is 1. The van der Waals surface area contributed by atoms with E-state index in [4.69, 9.17) is 16.3 Å². The fourth-order valence-corrected chi connectivity index (χ4v) is 3.27. The first-order chi connectivity index (χ1) is 8.74. The molecule has 0 fully saturated rings. The summed E-state index contributed by atoms with van der Waals surface area (Å²) in [5.41, 5.74) is 2.08. The van der Waals surface area contributed by atoms with Crippen LogP contribution in [0.15, 0.2) is 30.3 Å². The fourth-order valence-electron chi connectivity index (χ4n) is 2.19. The van der Waals surface area contributed by atoms with Crippen molar-refractivity contribution < 1.29 is 9.84 Å². The lowest BCUT2D eigenvalue weighted by Crippen LogP contribution is -2.09. The standard InChI is InChI=1S/C14H13ClO2S/c15-13-6-5-12(18-13)14(16)10-3-4-11-9(8-10)2-1-7-17-11/h3-6,8,14,16H,1-2,7H2. The summed E-state index contributed by atoms with van der Waals surface area (Å²) in [6.45, 7) is 0.787. The largest absolute Gasteiger partial charge is 0.493 e. The molecule has 1 atom stereocenters. The van der Waals surface area contributed by atoms with Crippen LogP contribution >= 0.6 is 22.9 Å². The number of ether oxygens (including phenoxy) is 1. The Hall–Kier alpha value is -1.03. The summed E-state index contributed by atoms with van der Waals surface area (Å²) in [6.07, 6.45) is 1.45. The van der Waals surface area contributed by atoms with Crippen molar-refractivity contribution in [3.8, 4) is 5.75 Å². The number of hydrogen-bond acceptors (Lipinski definition) is 3. The molecule has 0 saturated heterocycles. The summed E-state index contributed by atoms with van der Waals surface area (Å²) in [6, 6.07) is 9.58. The first-order valence-corrected chi connectivity index (χ1v) is 7.12. The summed E-state index contributed by atoms with van der Waals surface area (Å²) in [5.74, 6) is 0.946. The molecule has 18 heavy (non-hydrogen) atoms. The molecule has 2 aromatic rings. The lowest BCUT2D eigenvalue weighted by molar-refractivity contribution is 0.223.